The Labute approximate surface area is 219 Å². The van der Waals surface area contributed by atoms with E-state index in [9.17, 15) is 13.2 Å². The number of hydrogen-bond donors (Lipinski definition) is 4. The zero-order valence-electron chi connectivity index (χ0n) is 19.3. The summed E-state index contributed by atoms with van der Waals surface area (Å²) in [5.74, 6) is 0.716. The van der Waals surface area contributed by atoms with Gasteiger partial charge in [-0.15, -0.1) is 0 Å². The molecule has 4 rings (SSSR count). The van der Waals surface area contributed by atoms with Crippen LogP contribution < -0.4 is 20.7 Å². The number of hydrogen-bond acceptors (Lipinski definition) is 7. The first kappa shape index (κ1) is 25.5. The van der Waals surface area contributed by atoms with Crippen LogP contribution in [0.1, 0.15) is 10.4 Å². The molecule has 2 aromatic heterocycles. The zero-order chi connectivity index (χ0) is 26.1. The molecule has 186 valence electrons. The van der Waals surface area contributed by atoms with E-state index in [-0.39, 0.29) is 16.5 Å². The molecule has 0 radical (unpaired) electrons. The molecule has 37 heavy (non-hydrogen) atoms. The molecule has 0 aliphatic rings. The molecule has 2 heterocycles. The third kappa shape index (κ3) is 7.43. The largest absolute Gasteiger partial charge is 0.347 e. The zero-order valence-corrected chi connectivity index (χ0v) is 21.0. The maximum absolute atomic E-state index is 12.5. The van der Waals surface area contributed by atoms with Crippen LogP contribution in [-0.4, -0.2) is 29.3 Å². The third-order valence-corrected chi connectivity index (χ3v) is 6.46. The van der Waals surface area contributed by atoms with E-state index in [0.29, 0.717) is 27.9 Å². The summed E-state index contributed by atoms with van der Waals surface area (Å²) >= 11 is 5.35. The monoisotopic (exact) mass is 530 g/mol. The highest BCUT2D eigenvalue weighted by molar-refractivity contribution is 7.92. The third-order valence-electron chi connectivity index (χ3n) is 4.88. The van der Waals surface area contributed by atoms with Crippen molar-refractivity contribution >= 4 is 56.1 Å². The van der Waals surface area contributed by atoms with Gasteiger partial charge in [-0.25, -0.2) is 18.4 Å². The summed E-state index contributed by atoms with van der Waals surface area (Å²) in [5.41, 5.74) is 1.80. The fourth-order valence-corrected chi connectivity index (χ4v) is 4.34. The number of rotatable bonds is 9. The SMILES string of the molecule is O=C(/C=C/Nc1ccccn1)c1ccc(NC(=S)Nc2ccc(S(=O)(=O)Nc3ccccn3)cc2)cc1. The van der Waals surface area contributed by atoms with Crippen LogP contribution in [0.2, 0.25) is 0 Å². The number of pyridine rings is 2. The fraction of sp³-hybridized carbons (Fsp3) is 0. The molecule has 0 bridgehead atoms. The Bertz CT molecular complexity index is 1490. The van der Waals surface area contributed by atoms with Crippen molar-refractivity contribution in [3.63, 3.8) is 0 Å². The summed E-state index contributed by atoms with van der Waals surface area (Å²) in [4.78, 5) is 20.5. The summed E-state index contributed by atoms with van der Waals surface area (Å²) in [7, 11) is -3.77. The second-order valence-corrected chi connectivity index (χ2v) is 9.65. The Balaban J connectivity index is 1.29. The number of benzene rings is 2. The molecule has 0 aliphatic carbocycles. The van der Waals surface area contributed by atoms with Crippen molar-refractivity contribution < 1.29 is 13.2 Å². The predicted octanol–water partition coefficient (Wildman–Crippen LogP) is 4.89. The van der Waals surface area contributed by atoms with Gasteiger partial charge in [0.1, 0.15) is 11.6 Å². The van der Waals surface area contributed by atoms with Crippen molar-refractivity contribution in [3.8, 4) is 0 Å². The van der Waals surface area contributed by atoms with Crippen molar-refractivity contribution in [3.05, 3.63) is 115 Å². The van der Waals surface area contributed by atoms with Crippen LogP contribution in [-0.2, 0) is 10.0 Å². The minimum atomic E-state index is -3.77. The van der Waals surface area contributed by atoms with Gasteiger partial charge in [0.25, 0.3) is 10.0 Å². The average Bonchev–Trinajstić information content (AvgIpc) is 2.90. The second kappa shape index (κ2) is 11.9. The Kier molecular flexibility index (Phi) is 8.18. The first-order valence-electron chi connectivity index (χ1n) is 11.0. The van der Waals surface area contributed by atoms with E-state index in [1.807, 2.05) is 12.1 Å². The molecule has 4 N–H and O–H groups in total. The van der Waals surface area contributed by atoms with Crippen molar-refractivity contribution in [1.29, 1.82) is 0 Å². The van der Waals surface area contributed by atoms with Crippen molar-refractivity contribution in [2.75, 3.05) is 20.7 Å². The summed E-state index contributed by atoms with van der Waals surface area (Å²) in [5, 5.41) is 9.28. The van der Waals surface area contributed by atoms with Crippen LogP contribution in [0.4, 0.5) is 23.0 Å². The number of sulfonamides is 1. The minimum absolute atomic E-state index is 0.0899. The summed E-state index contributed by atoms with van der Waals surface area (Å²) in [6.45, 7) is 0. The Morgan fingerprint density at radius 3 is 1.89 bits per heavy atom. The topological polar surface area (TPSA) is 125 Å². The van der Waals surface area contributed by atoms with Crippen LogP contribution in [0, 0.1) is 0 Å². The van der Waals surface area contributed by atoms with Gasteiger partial charge < -0.3 is 16.0 Å². The molecule has 0 unspecified atom stereocenters. The molecule has 4 aromatic rings. The van der Waals surface area contributed by atoms with Crippen LogP contribution in [0.15, 0.2) is 114 Å². The predicted molar refractivity (Wildman–Crippen MR) is 149 cm³/mol. The summed E-state index contributed by atoms with van der Waals surface area (Å²) < 4.78 is 27.5. The molecule has 2 aromatic carbocycles. The van der Waals surface area contributed by atoms with E-state index in [1.54, 1.807) is 73.1 Å². The van der Waals surface area contributed by atoms with Gasteiger partial charge in [0.05, 0.1) is 4.90 Å². The number of aromatic nitrogens is 2. The highest BCUT2D eigenvalue weighted by Crippen LogP contribution is 2.18. The van der Waals surface area contributed by atoms with Gasteiger partial charge in [0.15, 0.2) is 10.9 Å². The second-order valence-electron chi connectivity index (χ2n) is 7.56. The smallest absolute Gasteiger partial charge is 0.263 e. The van der Waals surface area contributed by atoms with E-state index in [1.165, 1.54) is 24.4 Å². The van der Waals surface area contributed by atoms with E-state index in [2.05, 4.69) is 30.6 Å². The van der Waals surface area contributed by atoms with Crippen molar-refractivity contribution in [2.24, 2.45) is 0 Å². The molecular formula is C26H22N6O3S2. The number of nitrogens with zero attached hydrogens (tertiary/aromatic N) is 2. The van der Waals surface area contributed by atoms with Gasteiger partial charge in [-0.3, -0.25) is 9.52 Å². The molecule has 0 saturated carbocycles. The minimum Gasteiger partial charge on any atom is -0.347 e. The molecule has 0 aliphatic heterocycles. The Morgan fingerprint density at radius 2 is 1.32 bits per heavy atom. The lowest BCUT2D eigenvalue weighted by Gasteiger charge is -2.12. The number of ketones is 1. The maximum atomic E-state index is 12.5. The molecule has 0 spiro atoms. The molecule has 0 atom stereocenters. The quantitative estimate of drug-likeness (QED) is 0.136. The normalized spacial score (nSPS) is 11.0. The van der Waals surface area contributed by atoms with Gasteiger partial charge in [-0.05, 0) is 85.0 Å². The number of carbonyl (C=O) groups excluding carboxylic acids is 1. The number of allylic oxidation sites excluding steroid dienone is 1. The molecule has 9 nitrogen and oxygen atoms in total. The average molecular weight is 531 g/mol. The van der Waals surface area contributed by atoms with Crippen LogP contribution in [0.5, 0.6) is 0 Å². The van der Waals surface area contributed by atoms with Gasteiger partial charge in [-0.2, -0.15) is 0 Å². The van der Waals surface area contributed by atoms with Gasteiger partial charge >= 0.3 is 0 Å². The molecule has 11 heteroatoms. The summed E-state index contributed by atoms with van der Waals surface area (Å²) in [6, 6.07) is 23.4. The van der Waals surface area contributed by atoms with E-state index in [0.717, 1.165) is 0 Å². The number of thiocarbonyl (C=S) groups is 1. The lowest BCUT2D eigenvalue weighted by molar-refractivity contribution is 0.104. The highest BCUT2D eigenvalue weighted by atomic mass is 32.2. The van der Waals surface area contributed by atoms with Crippen LogP contribution >= 0.6 is 12.2 Å². The van der Waals surface area contributed by atoms with Gasteiger partial charge in [-0.1, -0.05) is 12.1 Å². The molecule has 0 saturated heterocycles. The van der Waals surface area contributed by atoms with Crippen molar-refractivity contribution in [2.45, 2.75) is 4.90 Å². The van der Waals surface area contributed by atoms with Crippen molar-refractivity contribution in [1.82, 2.24) is 9.97 Å². The van der Waals surface area contributed by atoms with Gasteiger partial charge in [0.2, 0.25) is 0 Å². The standard InChI is InChI=1S/C26H22N6O3S2/c33-23(15-18-29-24-5-1-3-16-27-24)19-7-9-20(10-8-19)30-26(36)31-21-11-13-22(14-12-21)37(34,35)32-25-6-2-4-17-28-25/h1-18H,(H,27,29)(H,28,32)(H2,30,31,36)/b18-15+. The van der Waals surface area contributed by atoms with Crippen LogP contribution in [0.25, 0.3) is 0 Å². The molecule has 0 amide bonds. The first-order valence-corrected chi connectivity index (χ1v) is 12.9. The first-order chi connectivity index (χ1) is 17.9. The van der Waals surface area contributed by atoms with E-state index >= 15 is 0 Å². The van der Waals surface area contributed by atoms with E-state index in [4.69, 9.17) is 12.2 Å². The lowest BCUT2D eigenvalue weighted by atomic mass is 10.1. The number of nitrogens with one attached hydrogen (secondary N) is 4. The number of anilines is 4. The van der Waals surface area contributed by atoms with Gasteiger partial charge in [0, 0.05) is 41.6 Å². The fourth-order valence-electron chi connectivity index (χ4n) is 3.10. The Morgan fingerprint density at radius 1 is 0.757 bits per heavy atom. The molecule has 0 fully saturated rings. The highest BCUT2D eigenvalue weighted by Gasteiger charge is 2.14. The number of carbonyl (C=O) groups is 1. The summed E-state index contributed by atoms with van der Waals surface area (Å²) in [6.07, 6.45) is 6.13. The molecular weight excluding hydrogens is 508 g/mol. The lowest BCUT2D eigenvalue weighted by Crippen LogP contribution is -2.19. The Hall–Kier alpha value is -4.61. The van der Waals surface area contributed by atoms with Crippen LogP contribution in [0.3, 0.4) is 0 Å². The van der Waals surface area contributed by atoms with E-state index < -0.39 is 10.0 Å². The maximum Gasteiger partial charge on any atom is 0.263 e.